The number of aromatic nitrogens is 5. The molecule has 10 heteroatoms. The molecule has 2 aromatic heterocycles. The van der Waals surface area contributed by atoms with E-state index in [9.17, 15) is 9.59 Å². The number of nitrogen functional groups attached to an aromatic ring is 1. The Hall–Kier alpha value is -3.43. The van der Waals surface area contributed by atoms with Gasteiger partial charge in [-0.15, -0.1) is 5.10 Å². The third-order valence-electron chi connectivity index (χ3n) is 3.13. The highest BCUT2D eigenvalue weighted by molar-refractivity contribution is 5.94. The minimum absolute atomic E-state index is 0.0733. The fourth-order valence-corrected chi connectivity index (χ4v) is 2.06. The van der Waals surface area contributed by atoms with Gasteiger partial charge in [0.1, 0.15) is 18.4 Å². The number of nitrogens with one attached hydrogen (secondary N) is 1. The second-order valence-corrected chi connectivity index (χ2v) is 4.64. The normalized spacial score (nSPS) is 10.7. The highest BCUT2D eigenvalue weighted by Gasteiger charge is 2.13. The summed E-state index contributed by atoms with van der Waals surface area (Å²) in [5.74, 6) is -0.0861. The molecule has 1 amide bonds. The average molecular weight is 315 g/mol. The van der Waals surface area contributed by atoms with E-state index in [1.807, 2.05) is 0 Å². The maximum absolute atomic E-state index is 12.4. The standard InChI is InChI=1S/C13H13N7O3/c1-23-13(22)16-10-5-19(18-17-10)6-11(21)20-7-15-12-8(14)3-2-4-9(12)20/h2-5,7H,6,14H2,1H3,(H,16,22). The van der Waals surface area contributed by atoms with Crippen molar-refractivity contribution in [3.63, 3.8) is 0 Å². The van der Waals surface area contributed by atoms with E-state index >= 15 is 0 Å². The number of nitrogens with zero attached hydrogens (tertiary/aromatic N) is 5. The number of carbonyl (C=O) groups is 2. The molecule has 0 bridgehead atoms. The molecule has 118 valence electrons. The van der Waals surface area contributed by atoms with Gasteiger partial charge in [-0.3, -0.25) is 14.7 Å². The largest absolute Gasteiger partial charge is 0.453 e. The van der Waals surface area contributed by atoms with Crippen LogP contribution in [0.3, 0.4) is 0 Å². The lowest BCUT2D eigenvalue weighted by atomic mass is 10.3. The molecule has 0 saturated heterocycles. The van der Waals surface area contributed by atoms with Gasteiger partial charge in [0, 0.05) is 0 Å². The fraction of sp³-hybridized carbons (Fsp3) is 0.154. The highest BCUT2D eigenvalue weighted by Crippen LogP contribution is 2.19. The highest BCUT2D eigenvalue weighted by atomic mass is 16.5. The minimum atomic E-state index is -0.667. The van der Waals surface area contributed by atoms with Crippen molar-refractivity contribution in [2.24, 2.45) is 0 Å². The smallest absolute Gasteiger partial charge is 0.412 e. The molecule has 0 aliphatic rings. The number of fused-ring (bicyclic) bond motifs is 1. The molecule has 1 aromatic carbocycles. The van der Waals surface area contributed by atoms with Crippen LogP contribution < -0.4 is 11.1 Å². The van der Waals surface area contributed by atoms with Gasteiger partial charge in [-0.2, -0.15) is 0 Å². The van der Waals surface area contributed by atoms with Crippen LogP contribution in [0.2, 0.25) is 0 Å². The van der Waals surface area contributed by atoms with Crippen LogP contribution in [0.1, 0.15) is 4.79 Å². The number of hydrogen-bond donors (Lipinski definition) is 2. The van der Waals surface area contributed by atoms with Crippen LogP contribution in [0.25, 0.3) is 11.0 Å². The number of imidazole rings is 1. The molecule has 3 rings (SSSR count). The van der Waals surface area contributed by atoms with Crippen molar-refractivity contribution < 1.29 is 14.3 Å². The van der Waals surface area contributed by atoms with E-state index in [1.165, 1.54) is 28.9 Å². The number of methoxy groups -OCH3 is 1. The number of carbonyl (C=O) groups excluding carboxylic acids is 2. The van der Waals surface area contributed by atoms with E-state index in [-0.39, 0.29) is 18.3 Å². The first-order chi connectivity index (χ1) is 11.1. The Kier molecular flexibility index (Phi) is 3.63. The van der Waals surface area contributed by atoms with Crippen molar-refractivity contribution in [1.82, 2.24) is 24.5 Å². The molecule has 10 nitrogen and oxygen atoms in total. The molecule has 0 unspecified atom stereocenters. The summed E-state index contributed by atoms with van der Waals surface area (Å²) >= 11 is 0. The Bertz CT molecular complexity index is 883. The molecule has 0 atom stereocenters. The van der Waals surface area contributed by atoms with Crippen LogP contribution in [0, 0.1) is 0 Å². The molecule has 0 radical (unpaired) electrons. The fourth-order valence-electron chi connectivity index (χ4n) is 2.06. The Morgan fingerprint density at radius 3 is 3.00 bits per heavy atom. The summed E-state index contributed by atoms with van der Waals surface area (Å²) in [4.78, 5) is 27.6. The summed E-state index contributed by atoms with van der Waals surface area (Å²) in [7, 11) is 1.24. The first-order valence-electron chi connectivity index (χ1n) is 6.58. The van der Waals surface area contributed by atoms with Crippen molar-refractivity contribution in [2.45, 2.75) is 6.54 Å². The molecule has 3 aromatic rings. The van der Waals surface area contributed by atoms with Crippen molar-refractivity contribution in [3.8, 4) is 0 Å². The first kappa shape index (κ1) is 14.5. The van der Waals surface area contributed by atoms with Crippen LogP contribution in [0.4, 0.5) is 16.3 Å². The summed E-state index contributed by atoms with van der Waals surface area (Å²) in [5, 5.41) is 9.84. The molecule has 0 aliphatic heterocycles. The van der Waals surface area contributed by atoms with E-state index in [0.29, 0.717) is 16.7 Å². The van der Waals surface area contributed by atoms with Crippen LogP contribution in [-0.2, 0) is 11.3 Å². The molecule has 0 aliphatic carbocycles. The lowest BCUT2D eigenvalue weighted by molar-refractivity contribution is 0.0890. The van der Waals surface area contributed by atoms with Gasteiger partial charge in [0.25, 0.3) is 5.91 Å². The molecule has 0 saturated carbocycles. The predicted molar refractivity (Wildman–Crippen MR) is 80.8 cm³/mol. The van der Waals surface area contributed by atoms with Gasteiger partial charge >= 0.3 is 6.09 Å². The molecule has 0 fully saturated rings. The van der Waals surface area contributed by atoms with Crippen LogP contribution >= 0.6 is 0 Å². The zero-order chi connectivity index (χ0) is 16.4. The Morgan fingerprint density at radius 1 is 1.39 bits per heavy atom. The lowest BCUT2D eigenvalue weighted by Gasteiger charge is -2.03. The van der Waals surface area contributed by atoms with Gasteiger partial charge in [-0.05, 0) is 12.1 Å². The summed E-state index contributed by atoms with van der Waals surface area (Å²) < 4.78 is 7.13. The van der Waals surface area contributed by atoms with E-state index in [2.05, 4.69) is 25.3 Å². The van der Waals surface area contributed by atoms with Crippen molar-refractivity contribution in [3.05, 3.63) is 30.7 Å². The van der Waals surface area contributed by atoms with Crippen molar-refractivity contribution >= 4 is 34.5 Å². The maximum atomic E-state index is 12.4. The second kappa shape index (κ2) is 5.75. The maximum Gasteiger partial charge on any atom is 0.412 e. The van der Waals surface area contributed by atoms with Gasteiger partial charge in [0.2, 0.25) is 0 Å². The van der Waals surface area contributed by atoms with Crippen molar-refractivity contribution in [1.29, 1.82) is 0 Å². The van der Waals surface area contributed by atoms with E-state index in [4.69, 9.17) is 5.73 Å². The third-order valence-corrected chi connectivity index (χ3v) is 3.13. The Balaban J connectivity index is 1.78. The number of para-hydroxylation sites is 1. The predicted octanol–water partition coefficient (Wildman–Crippen LogP) is 0.729. The van der Waals surface area contributed by atoms with E-state index < -0.39 is 6.09 Å². The quantitative estimate of drug-likeness (QED) is 0.681. The number of ether oxygens (including phenoxy) is 1. The zero-order valence-electron chi connectivity index (χ0n) is 12.1. The van der Waals surface area contributed by atoms with E-state index in [0.717, 1.165) is 0 Å². The Labute approximate surface area is 129 Å². The molecular formula is C13H13N7O3. The molecule has 3 N–H and O–H groups in total. The summed E-state index contributed by atoms with van der Waals surface area (Å²) in [6, 6.07) is 5.21. The minimum Gasteiger partial charge on any atom is -0.453 e. The van der Waals surface area contributed by atoms with E-state index in [1.54, 1.807) is 18.2 Å². The van der Waals surface area contributed by atoms with Crippen LogP contribution in [0.5, 0.6) is 0 Å². The number of amides is 1. The molecular weight excluding hydrogens is 302 g/mol. The lowest BCUT2D eigenvalue weighted by Crippen LogP contribution is -2.17. The summed E-state index contributed by atoms with van der Waals surface area (Å²) in [6.07, 6.45) is 2.16. The molecule has 23 heavy (non-hydrogen) atoms. The summed E-state index contributed by atoms with van der Waals surface area (Å²) in [5.41, 5.74) is 7.49. The Morgan fingerprint density at radius 2 is 2.22 bits per heavy atom. The second-order valence-electron chi connectivity index (χ2n) is 4.64. The van der Waals surface area contributed by atoms with Gasteiger partial charge in [-0.25, -0.2) is 14.5 Å². The molecule has 2 heterocycles. The number of benzene rings is 1. The summed E-state index contributed by atoms with van der Waals surface area (Å²) in [6.45, 7) is -0.0733. The average Bonchev–Trinajstić information content (AvgIpc) is 3.14. The monoisotopic (exact) mass is 315 g/mol. The van der Waals surface area contributed by atoms with Gasteiger partial charge in [0.05, 0.1) is 24.5 Å². The third kappa shape index (κ3) is 2.81. The topological polar surface area (TPSA) is 130 Å². The van der Waals surface area contributed by atoms with Crippen molar-refractivity contribution in [2.75, 3.05) is 18.2 Å². The first-order valence-corrected chi connectivity index (χ1v) is 6.58. The zero-order valence-corrected chi connectivity index (χ0v) is 12.1. The number of anilines is 2. The number of rotatable bonds is 3. The van der Waals surface area contributed by atoms with Gasteiger partial charge < -0.3 is 10.5 Å². The number of nitrogens with two attached hydrogens (primary N) is 1. The SMILES string of the molecule is COC(=O)Nc1cn(CC(=O)n2cnc3c(N)cccc32)nn1. The van der Waals surface area contributed by atoms with Crippen LogP contribution in [-0.4, -0.2) is 43.7 Å². The van der Waals surface area contributed by atoms with Crippen LogP contribution in [0.15, 0.2) is 30.7 Å². The number of hydrogen-bond acceptors (Lipinski definition) is 7. The van der Waals surface area contributed by atoms with Gasteiger partial charge in [0.15, 0.2) is 5.82 Å². The molecule has 0 spiro atoms. The van der Waals surface area contributed by atoms with Gasteiger partial charge in [-0.1, -0.05) is 11.3 Å².